The first kappa shape index (κ1) is 32.0. The molecule has 0 unspecified atom stereocenters. The van der Waals surface area contributed by atoms with E-state index in [2.05, 4.69) is 26.5 Å². The predicted molar refractivity (Wildman–Crippen MR) is 115 cm³/mol. The number of H-pyrrole nitrogens is 1. The minimum Gasteiger partial charge on any atom is -0.475 e. The second kappa shape index (κ2) is 13.0. The molecule has 10 nitrogen and oxygen atoms in total. The van der Waals surface area contributed by atoms with Crippen LogP contribution in [-0.2, 0) is 20.9 Å². The van der Waals surface area contributed by atoms with Crippen molar-refractivity contribution < 1.29 is 55.7 Å². The number of hydrogen-bond acceptors (Lipinski definition) is 6. The number of alkyl carbamates (subject to hydrolysis) is 1. The maximum Gasteiger partial charge on any atom is 0.490 e. The molecule has 212 valence electrons. The molecule has 0 aromatic carbocycles. The summed E-state index contributed by atoms with van der Waals surface area (Å²) in [6.07, 6.45) is -5.88. The van der Waals surface area contributed by atoms with Crippen molar-refractivity contribution in [3.63, 3.8) is 0 Å². The normalized spacial score (nSPS) is 17.6. The van der Waals surface area contributed by atoms with Crippen molar-refractivity contribution in [3.8, 4) is 0 Å². The fraction of sp³-hybridized carbons (Fsp3) is 0.714. The summed E-state index contributed by atoms with van der Waals surface area (Å²) in [7, 11) is 0. The van der Waals surface area contributed by atoms with E-state index in [1.807, 2.05) is 20.8 Å². The van der Waals surface area contributed by atoms with E-state index in [0.29, 0.717) is 11.5 Å². The number of hydrogen-bond donors (Lipinski definition) is 4. The van der Waals surface area contributed by atoms with Crippen LogP contribution in [0.2, 0.25) is 0 Å². The van der Waals surface area contributed by atoms with Crippen LogP contribution in [0.3, 0.4) is 0 Å². The molecule has 2 aliphatic rings. The Balaban J connectivity index is 0.000000404. The molecule has 0 bridgehead atoms. The molecule has 1 aromatic heterocycles. The first-order chi connectivity index (χ1) is 16.8. The lowest BCUT2D eigenvalue weighted by molar-refractivity contribution is -0.193. The maximum atomic E-state index is 11.6. The zero-order chi connectivity index (χ0) is 28.6. The first-order valence-electron chi connectivity index (χ1n) is 11.1. The van der Waals surface area contributed by atoms with Crippen molar-refractivity contribution in [3.05, 3.63) is 17.5 Å². The number of aromatic nitrogens is 2. The number of carboxylic acids is 2. The number of carbonyl (C=O) groups is 3. The van der Waals surface area contributed by atoms with E-state index in [1.165, 1.54) is 12.8 Å². The van der Waals surface area contributed by atoms with Crippen molar-refractivity contribution >= 4 is 18.0 Å². The minimum absolute atomic E-state index is 0.0575. The van der Waals surface area contributed by atoms with Crippen LogP contribution in [0.15, 0.2) is 6.07 Å². The predicted octanol–water partition coefficient (Wildman–Crippen LogP) is 3.86. The molecule has 2 heterocycles. The quantitative estimate of drug-likeness (QED) is 0.415. The van der Waals surface area contributed by atoms with Crippen LogP contribution in [-0.4, -0.2) is 80.9 Å². The number of aliphatic carboxylic acids is 2. The number of amides is 1. The van der Waals surface area contributed by atoms with Gasteiger partial charge in [0, 0.05) is 18.3 Å². The van der Waals surface area contributed by atoms with Crippen LogP contribution in [0.1, 0.15) is 50.9 Å². The molecular weight excluding hydrogens is 518 g/mol. The second-order valence-electron chi connectivity index (χ2n) is 9.13. The van der Waals surface area contributed by atoms with E-state index < -0.39 is 24.3 Å². The van der Waals surface area contributed by atoms with Gasteiger partial charge in [0.25, 0.3) is 0 Å². The van der Waals surface area contributed by atoms with E-state index >= 15 is 0 Å². The van der Waals surface area contributed by atoms with Gasteiger partial charge in [-0.2, -0.15) is 31.4 Å². The minimum atomic E-state index is -5.08. The van der Waals surface area contributed by atoms with Crippen LogP contribution in [0, 0.1) is 12.3 Å². The molecule has 1 saturated heterocycles. The molecule has 0 atom stereocenters. The first-order valence-corrected chi connectivity index (χ1v) is 11.1. The third kappa shape index (κ3) is 11.7. The molecule has 16 heteroatoms. The summed E-state index contributed by atoms with van der Waals surface area (Å²) < 4.78 is 68.6. The van der Waals surface area contributed by atoms with Crippen LogP contribution >= 0.6 is 0 Å². The van der Waals surface area contributed by atoms with E-state index in [-0.39, 0.29) is 12.2 Å². The van der Waals surface area contributed by atoms with Crippen LogP contribution in [0.5, 0.6) is 0 Å². The van der Waals surface area contributed by atoms with E-state index in [1.54, 1.807) is 0 Å². The van der Waals surface area contributed by atoms with Gasteiger partial charge in [-0.25, -0.2) is 14.4 Å². The number of ether oxygens (including phenoxy) is 1. The molecule has 1 amide bonds. The standard InChI is InChI=1S/C17H28N4O2.2C2HF3O2/c1-12(2)23-16(22)18-15-9-17(10-15)4-6-21(7-5-17)11-14-8-13(3)19-20-14;2*3-2(4,5)1(6)7/h8,12,15H,4-7,9-11H2,1-3H3,(H,18,22)(H,19,20);2*(H,6,7). The van der Waals surface area contributed by atoms with Gasteiger partial charge in [-0.15, -0.1) is 0 Å². The van der Waals surface area contributed by atoms with Crippen molar-refractivity contribution in [1.29, 1.82) is 0 Å². The summed E-state index contributed by atoms with van der Waals surface area (Å²) >= 11 is 0. The van der Waals surface area contributed by atoms with Gasteiger partial charge in [-0.1, -0.05) is 0 Å². The highest BCUT2D eigenvalue weighted by Gasteiger charge is 2.46. The number of alkyl halides is 6. The Kier molecular flexibility index (Phi) is 11.2. The molecule has 3 rings (SSSR count). The highest BCUT2D eigenvalue weighted by molar-refractivity contribution is 5.73. The SMILES string of the molecule is Cc1cc(CN2CCC3(CC2)CC(NC(=O)OC(C)C)C3)n[nH]1.O=C(O)C(F)(F)F.O=C(O)C(F)(F)F. The van der Waals surface area contributed by atoms with Gasteiger partial charge in [0.15, 0.2) is 0 Å². The monoisotopic (exact) mass is 548 g/mol. The number of carbonyl (C=O) groups excluding carboxylic acids is 1. The molecular formula is C21H30F6N4O6. The Morgan fingerprint density at radius 2 is 1.57 bits per heavy atom. The lowest BCUT2D eigenvalue weighted by atomic mass is 9.60. The van der Waals surface area contributed by atoms with Crippen molar-refractivity contribution in [2.75, 3.05) is 13.1 Å². The Labute approximate surface area is 208 Å². The van der Waals surface area contributed by atoms with E-state index in [9.17, 15) is 31.1 Å². The van der Waals surface area contributed by atoms with E-state index in [0.717, 1.165) is 43.9 Å². The number of nitrogens with one attached hydrogen (secondary N) is 2. The zero-order valence-corrected chi connectivity index (χ0v) is 20.4. The van der Waals surface area contributed by atoms with Crippen molar-refractivity contribution in [1.82, 2.24) is 20.4 Å². The highest BCUT2D eigenvalue weighted by Crippen LogP contribution is 2.49. The van der Waals surface area contributed by atoms with Gasteiger partial charge in [0.1, 0.15) is 0 Å². The number of piperidine rings is 1. The Morgan fingerprint density at radius 3 is 1.92 bits per heavy atom. The molecule has 1 saturated carbocycles. The topological polar surface area (TPSA) is 145 Å². The number of carboxylic acid groups (broad SMARTS) is 2. The summed E-state index contributed by atoms with van der Waals surface area (Å²) in [6.45, 7) is 8.96. The third-order valence-corrected chi connectivity index (χ3v) is 5.57. The van der Waals surface area contributed by atoms with Gasteiger partial charge in [-0.05, 0) is 71.0 Å². The molecule has 1 aliphatic carbocycles. The van der Waals surface area contributed by atoms with Gasteiger partial charge >= 0.3 is 30.4 Å². The Bertz CT molecular complexity index is 878. The zero-order valence-electron chi connectivity index (χ0n) is 20.4. The van der Waals surface area contributed by atoms with Crippen molar-refractivity contribution in [2.45, 2.75) is 77.5 Å². The summed E-state index contributed by atoms with van der Waals surface area (Å²) in [5.41, 5.74) is 2.69. The lowest BCUT2D eigenvalue weighted by Gasteiger charge is -2.52. The van der Waals surface area contributed by atoms with Gasteiger partial charge in [0.05, 0.1) is 11.8 Å². The smallest absolute Gasteiger partial charge is 0.475 e. The summed E-state index contributed by atoms with van der Waals surface area (Å²) in [6, 6.07) is 2.41. The third-order valence-electron chi connectivity index (χ3n) is 5.57. The summed E-state index contributed by atoms with van der Waals surface area (Å²) in [4.78, 5) is 31.9. The van der Waals surface area contributed by atoms with Gasteiger partial charge in [0.2, 0.25) is 0 Å². The fourth-order valence-corrected chi connectivity index (χ4v) is 3.88. The molecule has 1 spiro atoms. The molecule has 4 N–H and O–H groups in total. The van der Waals surface area contributed by atoms with Crippen LogP contribution in [0.25, 0.3) is 0 Å². The average molecular weight is 548 g/mol. The number of rotatable bonds is 4. The molecule has 0 radical (unpaired) electrons. The molecule has 1 aromatic rings. The van der Waals surface area contributed by atoms with Crippen LogP contribution in [0.4, 0.5) is 31.1 Å². The molecule has 1 aliphatic heterocycles. The summed E-state index contributed by atoms with van der Waals surface area (Å²) in [5, 5.41) is 24.6. The molecule has 37 heavy (non-hydrogen) atoms. The number of halogens is 6. The number of likely N-dealkylation sites (tertiary alicyclic amines) is 1. The van der Waals surface area contributed by atoms with E-state index in [4.69, 9.17) is 24.5 Å². The largest absolute Gasteiger partial charge is 0.490 e. The van der Waals surface area contributed by atoms with Crippen molar-refractivity contribution in [2.24, 2.45) is 5.41 Å². The average Bonchev–Trinajstić information content (AvgIpc) is 3.12. The number of aromatic amines is 1. The highest BCUT2D eigenvalue weighted by atomic mass is 19.4. The summed E-state index contributed by atoms with van der Waals surface area (Å²) in [5.74, 6) is -5.51. The number of nitrogens with zero attached hydrogens (tertiary/aromatic N) is 2. The fourth-order valence-electron chi connectivity index (χ4n) is 3.88. The number of aryl methyl sites for hydroxylation is 1. The van der Waals surface area contributed by atoms with Gasteiger partial charge < -0.3 is 20.3 Å². The molecule has 2 fully saturated rings. The Hall–Kier alpha value is -3.04. The van der Waals surface area contributed by atoms with Gasteiger partial charge in [-0.3, -0.25) is 10.00 Å². The lowest BCUT2D eigenvalue weighted by Crippen LogP contribution is -2.55. The second-order valence-corrected chi connectivity index (χ2v) is 9.13. The Morgan fingerprint density at radius 1 is 1.11 bits per heavy atom. The van der Waals surface area contributed by atoms with Crippen LogP contribution < -0.4 is 5.32 Å². The maximum absolute atomic E-state index is 11.6.